The SMILES string of the molecule is CCNCC1=C[C@@]2(C)CC[C@@H]1[C@]1(O[C@H]3C[C@@]4(O)C5=CC(=O)[C@@H]6[C@@H]7c8cc(O)cc(O)c8CC[C@]7(O)[C@@H](O)C[C@]6(C)[C@H]5[C@@]5(CC[C@H]6C=c7ccccc7=C(O)[C@@H]65)C[C@]4(C)[C@H]3[C@]1(O)CCO)[C@@H](O)[C@H]2C. The van der Waals surface area contributed by atoms with Crippen LogP contribution in [-0.4, -0.2) is 112 Å². The van der Waals surface area contributed by atoms with Crippen molar-refractivity contribution >= 4 is 17.6 Å². The fraction of sp³-hybridized carbons (Fsp3) is 0.661. The van der Waals surface area contributed by atoms with E-state index in [0.717, 1.165) is 29.0 Å². The van der Waals surface area contributed by atoms with E-state index >= 15 is 4.79 Å². The number of aliphatic hydroxyl groups is 7. The van der Waals surface area contributed by atoms with Crippen LogP contribution in [0.3, 0.4) is 0 Å². The molecule has 2 aromatic carbocycles. The third-order valence-corrected chi connectivity index (χ3v) is 21.9. The lowest BCUT2D eigenvalue weighted by Gasteiger charge is -2.70. The second-order valence-electron chi connectivity index (χ2n) is 24.5. The molecule has 13 rings (SSSR count). The summed E-state index contributed by atoms with van der Waals surface area (Å²) in [7, 11) is 0. The first-order valence-electron chi connectivity index (χ1n) is 25.7. The molecule has 11 aliphatic rings. The number of rotatable bonds is 5. The number of benzene rings is 2. The number of aliphatic hydroxyl groups excluding tert-OH is 4. The number of carbonyl (C=O) groups is 1. The van der Waals surface area contributed by atoms with E-state index in [0.29, 0.717) is 42.5 Å². The van der Waals surface area contributed by atoms with Crippen molar-refractivity contribution in [2.24, 2.45) is 63.1 Å². The van der Waals surface area contributed by atoms with Crippen LogP contribution < -0.4 is 15.8 Å². The molecule has 2 spiro atoms. The standard InChI is InChI=1S/C56H71NO11/c1-6-57-26-31-23-49(3)14-13-36(31)56(48(64)28(49)2)54(66,17-18-58)47-40(68-56)24-55(67)37-22-39(61)44-43-35-20-32(59)21-38(60)34(35)12-16-53(43,65)41(62)25-50(44,4)46(37)52(27-51(47,55)5)15-11-30-19-29-9-7-8-10-33(29)45(63)42(30)52/h7-10,19-23,28,30,36,40-44,46-48,57-60,62-67H,6,11-18,24-27H2,1-5H3/t28-,30+,36+,40+,41+,42-,43+,44-,46+,47+,48+,49-,50+,51-,52+,53+,54-,55-,56+/m1/s1. The molecule has 12 nitrogen and oxygen atoms in total. The number of likely N-dealkylation sites (N-methyl/N-ethyl adjacent to an activating group) is 1. The predicted molar refractivity (Wildman–Crippen MR) is 252 cm³/mol. The molecule has 2 bridgehead atoms. The molecule has 5 saturated carbocycles. The Balaban J connectivity index is 1.09. The lowest BCUT2D eigenvalue weighted by Crippen LogP contribution is -2.73. The monoisotopic (exact) mass is 934 g/mol. The highest BCUT2D eigenvalue weighted by molar-refractivity contribution is 5.96. The van der Waals surface area contributed by atoms with Crippen LogP contribution in [0.1, 0.15) is 109 Å². The molecule has 0 amide bonds. The zero-order chi connectivity index (χ0) is 48.1. The summed E-state index contributed by atoms with van der Waals surface area (Å²) < 4.78 is 7.55. The minimum Gasteiger partial charge on any atom is -0.511 e. The van der Waals surface area contributed by atoms with Crippen LogP contribution in [0, 0.1) is 63.1 Å². The molecule has 0 aromatic heterocycles. The van der Waals surface area contributed by atoms with Gasteiger partial charge < -0.3 is 56.0 Å². The number of phenols is 2. The Hall–Kier alpha value is -3.59. The van der Waals surface area contributed by atoms with Gasteiger partial charge in [0.05, 0.1) is 29.5 Å². The molecule has 0 unspecified atom stereocenters. The highest BCUT2D eigenvalue weighted by Crippen LogP contribution is 2.81. The maximum absolute atomic E-state index is 15.7. The Morgan fingerprint density at radius 3 is 2.44 bits per heavy atom. The van der Waals surface area contributed by atoms with Crippen molar-refractivity contribution in [1.82, 2.24) is 5.32 Å². The first kappa shape index (κ1) is 45.5. The number of carbonyl (C=O) groups excluding carboxylic acids is 1. The molecule has 2 aromatic rings. The van der Waals surface area contributed by atoms with Crippen molar-refractivity contribution in [3.05, 3.63) is 81.3 Å². The number of ether oxygens (including phenoxy) is 1. The van der Waals surface area contributed by atoms with E-state index in [1.165, 1.54) is 12.1 Å². The molecule has 1 aliphatic heterocycles. The Labute approximate surface area is 398 Å². The van der Waals surface area contributed by atoms with Gasteiger partial charge in [-0.25, -0.2) is 0 Å². The number of aromatic hydroxyl groups is 2. The molecule has 10 N–H and O–H groups in total. The Morgan fingerprint density at radius 1 is 0.926 bits per heavy atom. The second-order valence-corrected chi connectivity index (χ2v) is 24.5. The van der Waals surface area contributed by atoms with Crippen LogP contribution in [-0.2, 0) is 16.0 Å². The van der Waals surface area contributed by atoms with Crippen molar-refractivity contribution in [2.45, 2.75) is 145 Å². The van der Waals surface area contributed by atoms with Crippen molar-refractivity contribution in [3.63, 3.8) is 0 Å². The van der Waals surface area contributed by atoms with Gasteiger partial charge in [0.25, 0.3) is 0 Å². The summed E-state index contributed by atoms with van der Waals surface area (Å²) in [6, 6.07) is 10.6. The van der Waals surface area contributed by atoms with Gasteiger partial charge in [-0.05, 0) is 126 Å². The van der Waals surface area contributed by atoms with Gasteiger partial charge in [0, 0.05) is 72.3 Å². The molecular formula is C56H71NO11. The van der Waals surface area contributed by atoms with Crippen LogP contribution in [0.4, 0.5) is 0 Å². The quantitative estimate of drug-likeness (QED) is 0.193. The van der Waals surface area contributed by atoms with E-state index in [-0.39, 0.29) is 78.8 Å². The van der Waals surface area contributed by atoms with Crippen LogP contribution in [0.25, 0.3) is 11.8 Å². The first-order chi connectivity index (χ1) is 32.1. The third-order valence-electron chi connectivity index (χ3n) is 21.9. The number of phenolic OH excluding ortho intramolecular Hbond substituents is 2. The average molecular weight is 934 g/mol. The molecule has 0 radical (unpaired) electrons. The largest absolute Gasteiger partial charge is 0.511 e. The number of fused-ring (bicyclic) bond motifs is 17. The average Bonchev–Trinajstić information content (AvgIpc) is 3.81. The van der Waals surface area contributed by atoms with E-state index in [1.807, 2.05) is 52.0 Å². The molecule has 19 atom stereocenters. The number of allylic oxidation sites excluding steroid dienone is 2. The summed E-state index contributed by atoms with van der Waals surface area (Å²) in [5.41, 5.74) is -8.15. The fourth-order valence-corrected chi connectivity index (χ4v) is 19.4. The molecule has 366 valence electrons. The number of hydrogen-bond donors (Lipinski definition) is 10. The zero-order valence-electron chi connectivity index (χ0n) is 40.1. The van der Waals surface area contributed by atoms with Gasteiger partial charge in [0.1, 0.15) is 28.5 Å². The molecular weight excluding hydrogens is 863 g/mol. The fourth-order valence-electron chi connectivity index (χ4n) is 19.4. The van der Waals surface area contributed by atoms with Gasteiger partial charge in [0.2, 0.25) is 0 Å². The van der Waals surface area contributed by atoms with E-state index in [9.17, 15) is 46.0 Å². The number of ketones is 1. The van der Waals surface area contributed by atoms with Crippen LogP contribution in [0.5, 0.6) is 11.5 Å². The smallest absolute Gasteiger partial charge is 0.160 e. The van der Waals surface area contributed by atoms with Crippen LogP contribution >= 0.6 is 0 Å². The van der Waals surface area contributed by atoms with E-state index < -0.39 is 99.1 Å². The lowest BCUT2D eigenvalue weighted by atomic mass is 9.35. The normalized spacial score (nSPS) is 50.2. The lowest BCUT2D eigenvalue weighted by molar-refractivity contribution is -0.255. The summed E-state index contributed by atoms with van der Waals surface area (Å²) >= 11 is 0. The maximum atomic E-state index is 15.7. The predicted octanol–water partition coefficient (Wildman–Crippen LogP) is 3.92. The molecule has 68 heavy (non-hydrogen) atoms. The summed E-state index contributed by atoms with van der Waals surface area (Å²) in [6.07, 6.45) is 6.07. The molecule has 12 heteroatoms. The van der Waals surface area contributed by atoms with E-state index in [2.05, 4.69) is 24.4 Å². The van der Waals surface area contributed by atoms with Gasteiger partial charge >= 0.3 is 0 Å². The number of nitrogens with one attached hydrogen (secondary N) is 1. The van der Waals surface area contributed by atoms with Crippen molar-refractivity contribution < 1.29 is 55.5 Å². The Kier molecular flexibility index (Phi) is 9.58. The minimum absolute atomic E-state index is 0.00664. The van der Waals surface area contributed by atoms with Gasteiger partial charge in [-0.15, -0.1) is 0 Å². The van der Waals surface area contributed by atoms with Crippen molar-refractivity contribution in [1.29, 1.82) is 0 Å². The van der Waals surface area contributed by atoms with E-state index in [1.54, 1.807) is 6.08 Å². The summed E-state index contributed by atoms with van der Waals surface area (Å²) in [6.45, 7) is 11.2. The van der Waals surface area contributed by atoms with Crippen LogP contribution in [0.15, 0.2) is 59.7 Å². The van der Waals surface area contributed by atoms with Crippen molar-refractivity contribution in [3.8, 4) is 11.5 Å². The van der Waals surface area contributed by atoms with Gasteiger partial charge in [0.15, 0.2) is 5.78 Å². The Bertz CT molecular complexity index is 2720. The summed E-state index contributed by atoms with van der Waals surface area (Å²) in [4.78, 5) is 15.7. The highest BCUT2D eigenvalue weighted by atomic mass is 16.6. The van der Waals surface area contributed by atoms with Gasteiger partial charge in [-0.1, -0.05) is 76.6 Å². The maximum Gasteiger partial charge on any atom is 0.160 e. The molecule has 1 heterocycles. The topological polar surface area (TPSA) is 220 Å². The second kappa shape index (κ2) is 14.3. The minimum atomic E-state index is -1.87. The molecule has 1 saturated heterocycles. The zero-order valence-corrected chi connectivity index (χ0v) is 40.1. The third kappa shape index (κ3) is 5.17. The van der Waals surface area contributed by atoms with Gasteiger partial charge in [-0.3, -0.25) is 4.79 Å². The summed E-state index contributed by atoms with van der Waals surface area (Å²) in [5.74, 6) is -5.26. The summed E-state index contributed by atoms with van der Waals surface area (Å²) in [5, 5.41) is 118. The molecule has 10 aliphatic carbocycles. The number of hydrogen-bond acceptors (Lipinski definition) is 12. The first-order valence-corrected chi connectivity index (χ1v) is 25.7. The van der Waals surface area contributed by atoms with Crippen molar-refractivity contribution in [2.75, 3.05) is 19.7 Å². The Morgan fingerprint density at radius 2 is 1.69 bits per heavy atom. The van der Waals surface area contributed by atoms with Crippen LogP contribution in [0.2, 0.25) is 0 Å². The van der Waals surface area contributed by atoms with E-state index in [4.69, 9.17) is 4.74 Å². The highest BCUT2D eigenvalue weighted by Gasteiger charge is 2.85. The molecule has 6 fully saturated rings. The van der Waals surface area contributed by atoms with Gasteiger partial charge in [-0.2, -0.15) is 0 Å².